The van der Waals surface area contributed by atoms with E-state index >= 15 is 0 Å². The van der Waals surface area contributed by atoms with E-state index in [-0.39, 0.29) is 10.1 Å². The summed E-state index contributed by atoms with van der Waals surface area (Å²) < 4.78 is 0.223. The van der Waals surface area contributed by atoms with Gasteiger partial charge in [-0.1, -0.05) is 36.1 Å². The molecule has 1 fully saturated rings. The number of nitrogens with one attached hydrogen (secondary N) is 1. The number of nitrogens with zero attached hydrogens (tertiary/aromatic N) is 1. The van der Waals surface area contributed by atoms with Crippen molar-refractivity contribution in [3.63, 3.8) is 0 Å². The molecule has 25 heavy (non-hydrogen) atoms. The number of rotatable bonds is 5. The standard InChI is InChI=1S/C16H16N2O5S2/c1-8(15(22)23)17-13(20)9(2)18-14(21)12(25-16(18)24)7-10-3-5-11(19)6-4-10/h3-9,19H,1-2H3,(H,17,20)(H,22,23)/b12-7-. The molecule has 2 unspecified atom stereocenters. The number of carboxylic acids is 1. The van der Waals surface area contributed by atoms with Crippen molar-refractivity contribution in [3.05, 3.63) is 34.7 Å². The van der Waals surface area contributed by atoms with E-state index in [1.807, 2.05) is 0 Å². The number of carbonyl (C=O) groups is 3. The molecule has 2 atom stereocenters. The number of carbonyl (C=O) groups excluding carboxylic acids is 2. The Morgan fingerprint density at radius 2 is 1.88 bits per heavy atom. The van der Waals surface area contributed by atoms with Crippen molar-refractivity contribution in [1.82, 2.24) is 10.2 Å². The maximum Gasteiger partial charge on any atom is 0.325 e. The molecule has 2 amide bonds. The van der Waals surface area contributed by atoms with Crippen LogP contribution in [0.5, 0.6) is 5.75 Å². The van der Waals surface area contributed by atoms with E-state index < -0.39 is 29.9 Å². The zero-order valence-electron chi connectivity index (χ0n) is 13.4. The maximum atomic E-state index is 12.6. The first kappa shape index (κ1) is 18.9. The van der Waals surface area contributed by atoms with Gasteiger partial charge in [-0.25, -0.2) is 0 Å². The Bertz CT molecular complexity index is 760. The largest absolute Gasteiger partial charge is 0.508 e. The van der Waals surface area contributed by atoms with Gasteiger partial charge < -0.3 is 15.5 Å². The molecule has 9 heteroatoms. The van der Waals surface area contributed by atoms with Crippen LogP contribution >= 0.6 is 24.0 Å². The van der Waals surface area contributed by atoms with Crippen molar-refractivity contribution in [1.29, 1.82) is 0 Å². The van der Waals surface area contributed by atoms with Crippen LogP contribution in [-0.2, 0) is 14.4 Å². The highest BCUT2D eigenvalue weighted by molar-refractivity contribution is 8.26. The number of benzene rings is 1. The summed E-state index contributed by atoms with van der Waals surface area (Å²) in [6.07, 6.45) is 1.61. The molecule has 1 heterocycles. The summed E-state index contributed by atoms with van der Waals surface area (Å²) in [4.78, 5) is 37.1. The summed E-state index contributed by atoms with van der Waals surface area (Å²) in [5.41, 5.74) is 0.704. The molecule has 7 nitrogen and oxygen atoms in total. The molecule has 0 spiro atoms. The second-order valence-electron chi connectivity index (χ2n) is 5.39. The zero-order chi connectivity index (χ0) is 18.7. The number of thioether (sulfide) groups is 1. The number of hydrogen-bond donors (Lipinski definition) is 3. The van der Waals surface area contributed by atoms with Crippen molar-refractivity contribution in [3.8, 4) is 5.75 Å². The smallest absolute Gasteiger partial charge is 0.325 e. The monoisotopic (exact) mass is 380 g/mol. The topological polar surface area (TPSA) is 107 Å². The van der Waals surface area contributed by atoms with Gasteiger partial charge in [0, 0.05) is 0 Å². The van der Waals surface area contributed by atoms with Gasteiger partial charge in [-0.15, -0.1) is 0 Å². The summed E-state index contributed by atoms with van der Waals surface area (Å²) in [7, 11) is 0. The molecule has 0 bridgehead atoms. The predicted octanol–water partition coefficient (Wildman–Crippen LogP) is 1.57. The average Bonchev–Trinajstić information content (AvgIpc) is 2.82. The number of hydrogen-bond acceptors (Lipinski definition) is 6. The van der Waals surface area contributed by atoms with E-state index in [1.54, 1.807) is 18.2 Å². The lowest BCUT2D eigenvalue weighted by molar-refractivity contribution is -0.142. The number of phenolic OH excluding ortho intramolecular Hbond substituents is 1. The Morgan fingerprint density at radius 1 is 1.28 bits per heavy atom. The maximum absolute atomic E-state index is 12.6. The van der Waals surface area contributed by atoms with Gasteiger partial charge >= 0.3 is 5.97 Å². The first-order chi connectivity index (χ1) is 11.7. The molecule has 0 saturated carbocycles. The van der Waals surface area contributed by atoms with Crippen LogP contribution in [0.2, 0.25) is 0 Å². The van der Waals surface area contributed by atoms with Crippen LogP contribution in [0, 0.1) is 0 Å². The number of thiocarbonyl (C=S) groups is 1. The Balaban J connectivity index is 2.16. The van der Waals surface area contributed by atoms with Gasteiger partial charge in [-0.3, -0.25) is 19.3 Å². The predicted molar refractivity (Wildman–Crippen MR) is 97.8 cm³/mol. The molecule has 0 aromatic heterocycles. The van der Waals surface area contributed by atoms with Crippen molar-refractivity contribution >= 4 is 52.2 Å². The average molecular weight is 380 g/mol. The number of amides is 2. The van der Waals surface area contributed by atoms with E-state index in [2.05, 4.69) is 5.32 Å². The number of phenols is 1. The van der Waals surface area contributed by atoms with Crippen LogP contribution < -0.4 is 5.32 Å². The molecule has 0 aliphatic carbocycles. The molecular formula is C16H16N2O5S2. The normalized spacial score (nSPS) is 18.3. The summed E-state index contributed by atoms with van der Waals surface area (Å²) in [5, 5.41) is 20.5. The molecule has 1 aliphatic rings. The summed E-state index contributed by atoms with van der Waals surface area (Å²) in [6.45, 7) is 2.82. The van der Waals surface area contributed by atoms with Crippen LogP contribution in [0.25, 0.3) is 6.08 Å². The van der Waals surface area contributed by atoms with E-state index in [1.165, 1.54) is 26.0 Å². The third kappa shape index (κ3) is 4.37. The minimum Gasteiger partial charge on any atom is -0.508 e. The molecule has 0 radical (unpaired) electrons. The number of carboxylic acid groups (broad SMARTS) is 1. The lowest BCUT2D eigenvalue weighted by Gasteiger charge is -2.23. The Morgan fingerprint density at radius 3 is 2.44 bits per heavy atom. The highest BCUT2D eigenvalue weighted by atomic mass is 32.2. The van der Waals surface area contributed by atoms with Gasteiger partial charge in [-0.05, 0) is 37.6 Å². The molecule has 2 rings (SSSR count). The molecule has 1 saturated heterocycles. The minimum atomic E-state index is -1.17. The number of aliphatic carboxylic acids is 1. The van der Waals surface area contributed by atoms with Crippen LogP contribution in [-0.4, -0.2) is 49.3 Å². The van der Waals surface area contributed by atoms with Crippen LogP contribution in [0.15, 0.2) is 29.2 Å². The number of aromatic hydroxyl groups is 1. The Kier molecular flexibility index (Phi) is 5.81. The fourth-order valence-electron chi connectivity index (χ4n) is 2.05. The molecule has 1 aromatic rings. The van der Waals surface area contributed by atoms with Crippen molar-refractivity contribution < 1.29 is 24.6 Å². The van der Waals surface area contributed by atoms with Crippen LogP contribution in [0.3, 0.4) is 0 Å². The van der Waals surface area contributed by atoms with Gasteiger partial charge in [0.05, 0.1) is 4.91 Å². The van der Waals surface area contributed by atoms with E-state index in [9.17, 15) is 19.5 Å². The van der Waals surface area contributed by atoms with Gasteiger partial charge in [0.15, 0.2) is 0 Å². The molecular weight excluding hydrogens is 364 g/mol. The van der Waals surface area contributed by atoms with Gasteiger partial charge in [0.1, 0.15) is 22.2 Å². The lowest BCUT2D eigenvalue weighted by atomic mass is 10.2. The van der Waals surface area contributed by atoms with E-state index in [0.29, 0.717) is 10.5 Å². The Hall–Kier alpha value is -2.39. The van der Waals surface area contributed by atoms with Crippen LogP contribution in [0.1, 0.15) is 19.4 Å². The molecule has 1 aliphatic heterocycles. The van der Waals surface area contributed by atoms with E-state index in [4.69, 9.17) is 17.3 Å². The molecule has 1 aromatic carbocycles. The second-order valence-corrected chi connectivity index (χ2v) is 7.06. The first-order valence-electron chi connectivity index (χ1n) is 7.30. The van der Waals surface area contributed by atoms with Gasteiger partial charge in [0.25, 0.3) is 5.91 Å². The van der Waals surface area contributed by atoms with E-state index in [0.717, 1.165) is 16.7 Å². The lowest BCUT2D eigenvalue weighted by Crippen LogP contribution is -2.50. The Labute approximate surface area is 153 Å². The first-order valence-corrected chi connectivity index (χ1v) is 8.52. The third-order valence-electron chi connectivity index (χ3n) is 3.51. The highest BCUT2D eigenvalue weighted by Gasteiger charge is 2.38. The minimum absolute atomic E-state index is 0.113. The van der Waals surface area contributed by atoms with Gasteiger partial charge in [0.2, 0.25) is 5.91 Å². The quantitative estimate of drug-likeness (QED) is 0.526. The fourth-order valence-corrected chi connectivity index (χ4v) is 3.47. The highest BCUT2D eigenvalue weighted by Crippen LogP contribution is 2.34. The van der Waals surface area contributed by atoms with Crippen molar-refractivity contribution in [2.24, 2.45) is 0 Å². The van der Waals surface area contributed by atoms with Gasteiger partial charge in [-0.2, -0.15) is 0 Å². The third-order valence-corrected chi connectivity index (χ3v) is 4.84. The molecule has 132 valence electrons. The second kappa shape index (κ2) is 7.66. The summed E-state index contributed by atoms with van der Waals surface area (Å²) in [5.74, 6) is -2.08. The molecule has 3 N–H and O–H groups in total. The zero-order valence-corrected chi connectivity index (χ0v) is 15.1. The summed E-state index contributed by atoms with van der Waals surface area (Å²) >= 11 is 6.25. The van der Waals surface area contributed by atoms with Crippen molar-refractivity contribution in [2.75, 3.05) is 0 Å². The van der Waals surface area contributed by atoms with Crippen LogP contribution in [0.4, 0.5) is 0 Å². The fraction of sp³-hybridized carbons (Fsp3) is 0.250. The summed E-state index contributed by atoms with van der Waals surface area (Å²) in [6, 6.07) is 4.28. The SMILES string of the molecule is CC(NC(=O)C(C)N1C(=O)/C(=C/c2ccc(O)cc2)SC1=S)C(=O)O. The van der Waals surface area contributed by atoms with Crippen molar-refractivity contribution in [2.45, 2.75) is 25.9 Å².